The molecule has 1 rings (SSSR count). The highest BCUT2D eigenvalue weighted by atomic mass is 32.2. The average molecular weight is 286 g/mol. The van der Waals surface area contributed by atoms with Gasteiger partial charge in [0.15, 0.2) is 0 Å². The minimum absolute atomic E-state index is 0.103. The van der Waals surface area contributed by atoms with Crippen LogP contribution in [0.2, 0.25) is 0 Å². The number of carboxylic acid groups (broad SMARTS) is 1. The number of hydrogen-bond donors (Lipinski definition) is 3. The van der Waals surface area contributed by atoms with E-state index in [1.54, 1.807) is 6.92 Å². The lowest BCUT2D eigenvalue weighted by molar-refractivity contribution is 0.0696. The van der Waals surface area contributed by atoms with Gasteiger partial charge < -0.3 is 10.4 Å². The molecule has 1 aromatic carbocycles. The van der Waals surface area contributed by atoms with Crippen molar-refractivity contribution in [2.75, 3.05) is 11.9 Å². The first kappa shape index (κ1) is 15.5. The molecule has 0 aliphatic heterocycles. The fourth-order valence-electron chi connectivity index (χ4n) is 1.69. The number of carboxylic acids is 1. The minimum atomic E-state index is -3.95. The van der Waals surface area contributed by atoms with E-state index in [2.05, 4.69) is 5.32 Å². The molecule has 0 atom stereocenters. The van der Waals surface area contributed by atoms with Crippen molar-refractivity contribution in [3.63, 3.8) is 0 Å². The lowest BCUT2D eigenvalue weighted by Gasteiger charge is -2.13. The largest absolute Gasteiger partial charge is 0.478 e. The molecule has 7 heteroatoms. The van der Waals surface area contributed by atoms with Gasteiger partial charge in [0.25, 0.3) is 0 Å². The van der Waals surface area contributed by atoms with Crippen molar-refractivity contribution in [2.24, 2.45) is 5.14 Å². The Kier molecular flexibility index (Phi) is 4.90. The molecule has 106 valence electrons. The highest BCUT2D eigenvalue weighted by Gasteiger charge is 2.18. The van der Waals surface area contributed by atoms with Gasteiger partial charge in [0, 0.05) is 12.2 Å². The van der Waals surface area contributed by atoms with Gasteiger partial charge in [-0.3, -0.25) is 0 Å². The molecule has 1 aromatic rings. The summed E-state index contributed by atoms with van der Waals surface area (Å²) in [4.78, 5) is 10.8. The summed E-state index contributed by atoms with van der Waals surface area (Å²) in [6.07, 6.45) is 1.88. The zero-order valence-electron chi connectivity index (χ0n) is 10.9. The van der Waals surface area contributed by atoms with Gasteiger partial charge >= 0.3 is 5.97 Å². The van der Waals surface area contributed by atoms with Crippen LogP contribution in [0.5, 0.6) is 0 Å². The van der Waals surface area contributed by atoms with Gasteiger partial charge in [-0.1, -0.05) is 13.3 Å². The number of hydrogen-bond acceptors (Lipinski definition) is 4. The maximum Gasteiger partial charge on any atom is 0.335 e. The van der Waals surface area contributed by atoms with Crippen LogP contribution in [0.25, 0.3) is 0 Å². The molecule has 6 nitrogen and oxygen atoms in total. The summed E-state index contributed by atoms with van der Waals surface area (Å²) in [6, 6.07) is 2.50. The Labute approximate surface area is 112 Å². The summed E-state index contributed by atoms with van der Waals surface area (Å²) in [6.45, 7) is 4.27. The number of rotatable bonds is 6. The molecule has 0 aliphatic carbocycles. The third-order valence-corrected chi connectivity index (χ3v) is 3.80. The van der Waals surface area contributed by atoms with Gasteiger partial charge in [-0.2, -0.15) is 0 Å². The van der Waals surface area contributed by atoms with Crippen LogP contribution < -0.4 is 10.5 Å². The van der Waals surface area contributed by atoms with Crippen LogP contribution >= 0.6 is 0 Å². The first-order valence-electron chi connectivity index (χ1n) is 5.92. The second-order valence-corrected chi connectivity index (χ2v) is 5.81. The highest BCUT2D eigenvalue weighted by molar-refractivity contribution is 7.89. The molecule has 19 heavy (non-hydrogen) atoms. The zero-order chi connectivity index (χ0) is 14.6. The molecule has 0 bridgehead atoms. The van der Waals surface area contributed by atoms with Gasteiger partial charge in [0.05, 0.1) is 10.5 Å². The molecule has 0 saturated heterocycles. The molecule has 4 N–H and O–H groups in total. The monoisotopic (exact) mass is 286 g/mol. The van der Waals surface area contributed by atoms with Gasteiger partial charge in [-0.15, -0.1) is 0 Å². The molecule has 0 fully saturated rings. The summed E-state index contributed by atoms with van der Waals surface area (Å²) in [7, 11) is -3.95. The molecule has 0 spiro atoms. The Morgan fingerprint density at radius 1 is 1.42 bits per heavy atom. The maximum absolute atomic E-state index is 11.5. The third kappa shape index (κ3) is 3.93. The number of unbranched alkanes of at least 4 members (excludes halogenated alkanes) is 1. The lowest BCUT2D eigenvalue weighted by Crippen LogP contribution is -2.16. The number of carbonyl (C=O) groups is 1. The van der Waals surface area contributed by atoms with Gasteiger partial charge in [0.2, 0.25) is 10.0 Å². The van der Waals surface area contributed by atoms with E-state index in [1.165, 1.54) is 6.07 Å². The van der Waals surface area contributed by atoms with Crippen LogP contribution in [0.4, 0.5) is 5.69 Å². The van der Waals surface area contributed by atoms with Crippen LogP contribution in [-0.2, 0) is 10.0 Å². The van der Waals surface area contributed by atoms with Crippen molar-refractivity contribution in [1.29, 1.82) is 0 Å². The molecule has 0 aromatic heterocycles. The Morgan fingerprint density at radius 2 is 2.05 bits per heavy atom. The van der Waals surface area contributed by atoms with Crippen LogP contribution in [0.3, 0.4) is 0 Å². The molecule has 0 radical (unpaired) electrons. The third-order valence-electron chi connectivity index (χ3n) is 2.76. The second-order valence-electron chi connectivity index (χ2n) is 4.28. The summed E-state index contributed by atoms with van der Waals surface area (Å²) in [5, 5.41) is 17.1. The smallest absolute Gasteiger partial charge is 0.335 e. The fourth-order valence-corrected chi connectivity index (χ4v) is 2.52. The Balaban J connectivity index is 3.29. The number of anilines is 1. The van der Waals surface area contributed by atoms with E-state index in [0.29, 0.717) is 17.8 Å². The van der Waals surface area contributed by atoms with E-state index in [0.717, 1.165) is 18.9 Å². The molecule has 0 unspecified atom stereocenters. The van der Waals surface area contributed by atoms with E-state index < -0.39 is 16.0 Å². The molecule has 0 amide bonds. The normalized spacial score (nSPS) is 11.3. The summed E-state index contributed by atoms with van der Waals surface area (Å²) in [5.41, 5.74) is 0.814. The predicted molar refractivity (Wildman–Crippen MR) is 72.9 cm³/mol. The summed E-state index contributed by atoms with van der Waals surface area (Å²) in [5.74, 6) is -1.19. The Hall–Kier alpha value is -1.60. The van der Waals surface area contributed by atoms with Crippen LogP contribution in [0.15, 0.2) is 17.0 Å². The van der Waals surface area contributed by atoms with Crippen LogP contribution in [0.1, 0.15) is 35.7 Å². The second kappa shape index (κ2) is 6.03. The number of nitrogens with one attached hydrogen (secondary N) is 1. The number of sulfonamides is 1. The van der Waals surface area contributed by atoms with Gasteiger partial charge in [-0.05, 0) is 31.0 Å². The van der Waals surface area contributed by atoms with Crippen molar-refractivity contribution >= 4 is 21.7 Å². The van der Waals surface area contributed by atoms with E-state index >= 15 is 0 Å². The highest BCUT2D eigenvalue weighted by Crippen LogP contribution is 2.25. The van der Waals surface area contributed by atoms with E-state index in [1.807, 2.05) is 6.92 Å². The molecule has 0 aliphatic rings. The van der Waals surface area contributed by atoms with Crippen LogP contribution in [0, 0.1) is 6.92 Å². The molecule has 0 heterocycles. The molecular weight excluding hydrogens is 268 g/mol. The van der Waals surface area contributed by atoms with Crippen LogP contribution in [-0.4, -0.2) is 26.0 Å². The molecule has 0 saturated carbocycles. The van der Waals surface area contributed by atoms with Crippen molar-refractivity contribution < 1.29 is 18.3 Å². The van der Waals surface area contributed by atoms with Crippen molar-refractivity contribution in [3.05, 3.63) is 23.3 Å². The van der Waals surface area contributed by atoms with E-state index in [4.69, 9.17) is 10.2 Å². The standard InChI is InChI=1S/C12H18N2O4S/c1-3-4-5-14-10-6-9(12(15)16)7-11(8(10)2)19(13,17)18/h6-7,14H,3-5H2,1-2H3,(H,15,16)(H2,13,17,18). The SMILES string of the molecule is CCCCNc1cc(C(=O)O)cc(S(N)(=O)=O)c1C. The average Bonchev–Trinajstić information content (AvgIpc) is 2.29. The maximum atomic E-state index is 11.5. The van der Waals surface area contributed by atoms with Gasteiger partial charge in [-0.25, -0.2) is 18.4 Å². The predicted octanol–water partition coefficient (Wildman–Crippen LogP) is 1.55. The van der Waals surface area contributed by atoms with Gasteiger partial charge in [0.1, 0.15) is 0 Å². The summed E-state index contributed by atoms with van der Waals surface area (Å²) < 4.78 is 22.9. The Morgan fingerprint density at radius 3 is 2.53 bits per heavy atom. The molecular formula is C12H18N2O4S. The number of aromatic carboxylic acids is 1. The first-order valence-corrected chi connectivity index (χ1v) is 7.46. The Bertz CT molecular complexity index is 582. The minimum Gasteiger partial charge on any atom is -0.478 e. The lowest BCUT2D eigenvalue weighted by atomic mass is 10.1. The summed E-state index contributed by atoms with van der Waals surface area (Å²) >= 11 is 0. The van der Waals surface area contributed by atoms with E-state index in [-0.39, 0.29) is 10.5 Å². The number of primary sulfonamides is 1. The number of benzene rings is 1. The zero-order valence-corrected chi connectivity index (χ0v) is 11.8. The van der Waals surface area contributed by atoms with Crippen molar-refractivity contribution in [3.8, 4) is 0 Å². The number of nitrogens with two attached hydrogens (primary N) is 1. The van der Waals surface area contributed by atoms with Crippen molar-refractivity contribution in [1.82, 2.24) is 0 Å². The first-order chi connectivity index (χ1) is 8.77. The van der Waals surface area contributed by atoms with E-state index in [9.17, 15) is 13.2 Å². The topological polar surface area (TPSA) is 109 Å². The van der Waals surface area contributed by atoms with Crippen molar-refractivity contribution in [2.45, 2.75) is 31.6 Å². The fraction of sp³-hybridized carbons (Fsp3) is 0.417. The quantitative estimate of drug-likeness (QED) is 0.687.